The summed E-state index contributed by atoms with van der Waals surface area (Å²) >= 11 is 0. The van der Waals surface area contributed by atoms with Crippen molar-refractivity contribution in [3.8, 4) is 6.07 Å². The predicted molar refractivity (Wildman–Crippen MR) is 87.8 cm³/mol. The molecule has 0 bridgehead atoms. The highest BCUT2D eigenvalue weighted by molar-refractivity contribution is 5.31. The molecule has 1 aliphatic rings. The molecule has 0 spiro atoms. The van der Waals surface area contributed by atoms with Crippen LogP contribution >= 0.6 is 0 Å². The van der Waals surface area contributed by atoms with Crippen LogP contribution in [0.5, 0.6) is 0 Å². The van der Waals surface area contributed by atoms with Gasteiger partial charge in [-0.2, -0.15) is 5.26 Å². The topological polar surface area (TPSA) is 35.8 Å². The highest BCUT2D eigenvalue weighted by Gasteiger charge is 2.31. The Kier molecular flexibility index (Phi) is 5.42. The normalized spacial score (nSPS) is 22.8. The summed E-state index contributed by atoms with van der Waals surface area (Å²) in [5.74, 6) is 0.885. The third kappa shape index (κ3) is 4.32. The molecule has 2 nitrogen and oxygen atoms in total. The standard InChI is InChI=1S/C19H28N2/c1-4-19(2,3)17-9-11-18(12-10-17)21-14-16-7-5-15(13-20)6-8-16/h5-8,17-18,21H,4,9-12,14H2,1-3H3. The minimum absolute atomic E-state index is 0.498. The largest absolute Gasteiger partial charge is 0.310 e. The van der Waals surface area contributed by atoms with Gasteiger partial charge in [0, 0.05) is 12.6 Å². The van der Waals surface area contributed by atoms with Crippen LogP contribution in [-0.4, -0.2) is 6.04 Å². The van der Waals surface area contributed by atoms with Crippen molar-refractivity contribution >= 4 is 0 Å². The Morgan fingerprint density at radius 2 is 1.76 bits per heavy atom. The first-order valence-electron chi connectivity index (χ1n) is 8.27. The van der Waals surface area contributed by atoms with E-state index < -0.39 is 0 Å². The van der Waals surface area contributed by atoms with E-state index in [-0.39, 0.29) is 0 Å². The second kappa shape index (κ2) is 7.09. The van der Waals surface area contributed by atoms with Crippen LogP contribution in [0, 0.1) is 22.7 Å². The molecule has 1 aliphatic carbocycles. The van der Waals surface area contributed by atoms with E-state index in [1.54, 1.807) is 0 Å². The van der Waals surface area contributed by atoms with Gasteiger partial charge in [-0.1, -0.05) is 39.3 Å². The summed E-state index contributed by atoms with van der Waals surface area (Å²) in [5, 5.41) is 12.5. The Balaban J connectivity index is 1.77. The van der Waals surface area contributed by atoms with Gasteiger partial charge in [0.2, 0.25) is 0 Å². The monoisotopic (exact) mass is 284 g/mol. The van der Waals surface area contributed by atoms with Crippen molar-refractivity contribution in [1.29, 1.82) is 5.26 Å². The van der Waals surface area contributed by atoms with Crippen LogP contribution in [0.15, 0.2) is 24.3 Å². The molecule has 0 radical (unpaired) electrons. The van der Waals surface area contributed by atoms with E-state index in [9.17, 15) is 0 Å². The average molecular weight is 284 g/mol. The molecule has 1 aromatic rings. The van der Waals surface area contributed by atoms with Gasteiger partial charge in [-0.3, -0.25) is 0 Å². The van der Waals surface area contributed by atoms with E-state index in [1.807, 2.05) is 12.1 Å². The minimum atomic E-state index is 0.498. The van der Waals surface area contributed by atoms with Crippen molar-refractivity contribution in [1.82, 2.24) is 5.32 Å². The Morgan fingerprint density at radius 1 is 1.14 bits per heavy atom. The molecule has 1 fully saturated rings. The van der Waals surface area contributed by atoms with Crippen LogP contribution in [-0.2, 0) is 6.54 Å². The fourth-order valence-electron chi connectivity index (χ4n) is 3.33. The van der Waals surface area contributed by atoms with Crippen molar-refractivity contribution in [2.75, 3.05) is 0 Å². The molecular weight excluding hydrogens is 256 g/mol. The lowest BCUT2D eigenvalue weighted by Crippen LogP contribution is -2.36. The fraction of sp³-hybridized carbons (Fsp3) is 0.632. The van der Waals surface area contributed by atoms with E-state index in [0.29, 0.717) is 11.5 Å². The van der Waals surface area contributed by atoms with Gasteiger partial charge >= 0.3 is 0 Å². The fourth-order valence-corrected chi connectivity index (χ4v) is 3.33. The first kappa shape index (κ1) is 16.0. The third-order valence-corrected chi connectivity index (χ3v) is 5.42. The highest BCUT2D eigenvalue weighted by Crippen LogP contribution is 2.40. The Hall–Kier alpha value is -1.33. The number of benzene rings is 1. The van der Waals surface area contributed by atoms with Crippen LogP contribution in [0.3, 0.4) is 0 Å². The number of nitrogens with zero attached hydrogens (tertiary/aromatic N) is 1. The number of nitrogens with one attached hydrogen (secondary N) is 1. The Bertz CT molecular complexity index is 473. The van der Waals surface area contributed by atoms with Crippen LogP contribution in [0.2, 0.25) is 0 Å². The van der Waals surface area contributed by atoms with E-state index in [2.05, 4.69) is 44.3 Å². The molecule has 1 N–H and O–H groups in total. The lowest BCUT2D eigenvalue weighted by molar-refractivity contribution is 0.137. The summed E-state index contributed by atoms with van der Waals surface area (Å²) < 4.78 is 0. The second-order valence-corrected chi connectivity index (χ2v) is 7.08. The molecule has 1 saturated carbocycles. The molecule has 2 rings (SSSR count). The molecule has 0 heterocycles. The van der Waals surface area contributed by atoms with Crippen molar-refractivity contribution < 1.29 is 0 Å². The Morgan fingerprint density at radius 3 is 2.29 bits per heavy atom. The van der Waals surface area contributed by atoms with E-state index in [4.69, 9.17) is 5.26 Å². The maximum Gasteiger partial charge on any atom is 0.0991 e. The molecule has 0 amide bonds. The molecule has 0 saturated heterocycles. The summed E-state index contributed by atoms with van der Waals surface area (Å²) in [6.07, 6.45) is 6.58. The van der Waals surface area contributed by atoms with Crippen LogP contribution in [0.25, 0.3) is 0 Å². The van der Waals surface area contributed by atoms with E-state index in [0.717, 1.165) is 18.0 Å². The smallest absolute Gasteiger partial charge is 0.0991 e. The number of hydrogen-bond donors (Lipinski definition) is 1. The van der Waals surface area contributed by atoms with Crippen molar-refractivity contribution in [2.45, 2.75) is 65.5 Å². The maximum absolute atomic E-state index is 8.81. The van der Waals surface area contributed by atoms with Crippen molar-refractivity contribution in [3.63, 3.8) is 0 Å². The maximum atomic E-state index is 8.81. The van der Waals surface area contributed by atoms with Crippen LogP contribution in [0.1, 0.15) is 64.0 Å². The minimum Gasteiger partial charge on any atom is -0.310 e. The quantitative estimate of drug-likeness (QED) is 0.854. The van der Waals surface area contributed by atoms with Crippen LogP contribution in [0.4, 0.5) is 0 Å². The molecule has 2 heteroatoms. The average Bonchev–Trinajstić information content (AvgIpc) is 2.54. The van der Waals surface area contributed by atoms with Gasteiger partial charge in [-0.15, -0.1) is 0 Å². The number of rotatable bonds is 5. The summed E-state index contributed by atoms with van der Waals surface area (Å²) in [4.78, 5) is 0. The lowest BCUT2D eigenvalue weighted by atomic mass is 9.69. The van der Waals surface area contributed by atoms with Crippen molar-refractivity contribution in [3.05, 3.63) is 35.4 Å². The molecule has 0 aromatic heterocycles. The van der Waals surface area contributed by atoms with Gasteiger partial charge in [-0.25, -0.2) is 0 Å². The van der Waals surface area contributed by atoms with Gasteiger partial charge in [0.1, 0.15) is 0 Å². The number of nitriles is 1. The van der Waals surface area contributed by atoms with Gasteiger partial charge in [0.15, 0.2) is 0 Å². The van der Waals surface area contributed by atoms with Gasteiger partial charge in [-0.05, 0) is 54.7 Å². The molecule has 0 atom stereocenters. The van der Waals surface area contributed by atoms with E-state index >= 15 is 0 Å². The summed E-state index contributed by atoms with van der Waals surface area (Å²) in [6.45, 7) is 8.07. The summed E-state index contributed by atoms with van der Waals surface area (Å²) in [7, 11) is 0. The van der Waals surface area contributed by atoms with Gasteiger partial charge < -0.3 is 5.32 Å². The molecule has 21 heavy (non-hydrogen) atoms. The second-order valence-electron chi connectivity index (χ2n) is 7.08. The van der Waals surface area contributed by atoms with Gasteiger partial charge in [0.05, 0.1) is 11.6 Å². The SMILES string of the molecule is CCC(C)(C)C1CCC(NCc2ccc(C#N)cc2)CC1. The Labute approximate surface area is 129 Å². The molecule has 0 unspecified atom stereocenters. The first-order chi connectivity index (χ1) is 10.0. The van der Waals surface area contributed by atoms with Crippen LogP contribution < -0.4 is 5.32 Å². The molecule has 114 valence electrons. The zero-order valence-electron chi connectivity index (χ0n) is 13.7. The molecule has 0 aliphatic heterocycles. The predicted octanol–water partition coefficient (Wildman–Crippen LogP) is 4.64. The number of hydrogen-bond acceptors (Lipinski definition) is 2. The zero-order valence-corrected chi connectivity index (χ0v) is 13.7. The zero-order chi connectivity index (χ0) is 15.3. The van der Waals surface area contributed by atoms with Gasteiger partial charge in [0.25, 0.3) is 0 Å². The third-order valence-electron chi connectivity index (χ3n) is 5.42. The first-order valence-corrected chi connectivity index (χ1v) is 8.27. The lowest BCUT2D eigenvalue weighted by Gasteiger charge is -2.39. The van der Waals surface area contributed by atoms with Crippen molar-refractivity contribution in [2.24, 2.45) is 11.3 Å². The summed E-state index contributed by atoms with van der Waals surface area (Å²) in [6, 6.07) is 10.7. The van der Waals surface area contributed by atoms with E-state index in [1.165, 1.54) is 37.7 Å². The summed E-state index contributed by atoms with van der Waals surface area (Å²) in [5.41, 5.74) is 2.50. The molecule has 1 aromatic carbocycles. The highest BCUT2D eigenvalue weighted by atomic mass is 14.9. The molecular formula is C19H28N2.